The van der Waals surface area contributed by atoms with Crippen LogP contribution in [0, 0.1) is 0 Å². The largest absolute Gasteiger partial charge is 0.481 e. The second kappa shape index (κ2) is 17.0. The van der Waals surface area contributed by atoms with Gasteiger partial charge in [-0.15, -0.1) is 0 Å². The van der Waals surface area contributed by atoms with E-state index in [1.807, 2.05) is 0 Å². The molecule has 2 nitrogen and oxygen atoms in total. The summed E-state index contributed by atoms with van der Waals surface area (Å²) in [5, 5.41) is 8.50. The molecule has 0 rings (SSSR count). The third-order valence-corrected chi connectivity index (χ3v) is 3.59. The number of carbonyl (C=O) groups is 1. The molecule has 0 saturated carbocycles. The third kappa shape index (κ3) is 18.9. The number of rotatable bonds is 15. The third-order valence-electron chi connectivity index (χ3n) is 3.59. The Morgan fingerprint density at radius 1 is 0.762 bits per heavy atom. The summed E-state index contributed by atoms with van der Waals surface area (Å²) in [4.78, 5) is 10.3. The Morgan fingerprint density at radius 2 is 1.29 bits per heavy atom. The van der Waals surface area contributed by atoms with Crippen molar-refractivity contribution in [2.75, 3.05) is 0 Å². The Bertz CT molecular complexity index is 279. The van der Waals surface area contributed by atoms with Gasteiger partial charge in [0.1, 0.15) is 0 Å². The predicted octanol–water partition coefficient (Wildman–Crippen LogP) is 6.27. The van der Waals surface area contributed by atoms with Gasteiger partial charge in [0.25, 0.3) is 0 Å². The zero-order chi connectivity index (χ0) is 15.6. The van der Waals surface area contributed by atoms with Crippen LogP contribution in [0.1, 0.15) is 90.4 Å². The lowest BCUT2D eigenvalue weighted by atomic mass is 10.1. The molecule has 0 aliphatic heterocycles. The summed E-state index contributed by atoms with van der Waals surface area (Å²) >= 11 is 0. The first-order chi connectivity index (χ1) is 10.3. The first-order valence-corrected chi connectivity index (χ1v) is 8.79. The maximum absolute atomic E-state index is 10.3. The van der Waals surface area contributed by atoms with E-state index in [0.29, 0.717) is 6.42 Å². The molecule has 0 atom stereocenters. The van der Waals surface area contributed by atoms with Crippen LogP contribution in [-0.4, -0.2) is 11.1 Å². The van der Waals surface area contributed by atoms with Crippen LogP contribution in [0.25, 0.3) is 0 Å². The topological polar surface area (TPSA) is 37.3 Å². The van der Waals surface area contributed by atoms with Gasteiger partial charge in [-0.05, 0) is 38.5 Å². The second-order valence-corrected chi connectivity index (χ2v) is 5.73. The lowest BCUT2D eigenvalue weighted by Crippen LogP contribution is -1.92. The minimum Gasteiger partial charge on any atom is -0.481 e. The number of hydrogen-bond acceptors (Lipinski definition) is 1. The molecule has 0 saturated heterocycles. The van der Waals surface area contributed by atoms with Crippen molar-refractivity contribution in [2.45, 2.75) is 90.4 Å². The van der Waals surface area contributed by atoms with Gasteiger partial charge in [0.15, 0.2) is 0 Å². The van der Waals surface area contributed by atoms with Gasteiger partial charge >= 0.3 is 5.97 Å². The van der Waals surface area contributed by atoms with Gasteiger partial charge in [0.2, 0.25) is 0 Å². The molecule has 0 amide bonds. The Labute approximate surface area is 131 Å². The van der Waals surface area contributed by atoms with E-state index in [4.69, 9.17) is 5.11 Å². The standard InChI is InChI=1S/C19H34O2/c1-2-3-4-5-6-7-8-9-10-11-12-13-14-15-16-17-18-19(20)21/h10-11,13-14H,2-9,12,15-18H2,1H3,(H,20,21). The van der Waals surface area contributed by atoms with Gasteiger partial charge in [-0.3, -0.25) is 4.79 Å². The average molecular weight is 294 g/mol. The Balaban J connectivity index is 3.19. The Hall–Kier alpha value is -1.05. The van der Waals surface area contributed by atoms with Crippen LogP contribution >= 0.6 is 0 Å². The molecule has 0 bridgehead atoms. The van der Waals surface area contributed by atoms with Crippen LogP contribution < -0.4 is 0 Å². The fourth-order valence-corrected chi connectivity index (χ4v) is 2.26. The van der Waals surface area contributed by atoms with Gasteiger partial charge in [0, 0.05) is 6.42 Å². The Kier molecular flexibility index (Phi) is 16.2. The normalized spacial score (nSPS) is 11.7. The van der Waals surface area contributed by atoms with Crippen LogP contribution in [0.4, 0.5) is 0 Å². The molecule has 2 heteroatoms. The van der Waals surface area contributed by atoms with Crippen molar-refractivity contribution in [1.29, 1.82) is 0 Å². The van der Waals surface area contributed by atoms with Crippen LogP contribution in [0.2, 0.25) is 0 Å². The van der Waals surface area contributed by atoms with Crippen molar-refractivity contribution in [2.24, 2.45) is 0 Å². The molecule has 0 aromatic carbocycles. The zero-order valence-corrected chi connectivity index (χ0v) is 13.9. The summed E-state index contributed by atoms with van der Waals surface area (Å²) in [6.07, 6.45) is 23.8. The molecule has 0 heterocycles. The van der Waals surface area contributed by atoms with E-state index in [0.717, 1.165) is 25.7 Å². The summed E-state index contributed by atoms with van der Waals surface area (Å²) in [5.74, 6) is -0.688. The molecule has 0 aliphatic carbocycles. The predicted molar refractivity (Wildman–Crippen MR) is 91.6 cm³/mol. The molecule has 0 spiro atoms. The van der Waals surface area contributed by atoms with E-state index < -0.39 is 5.97 Å². The van der Waals surface area contributed by atoms with Crippen molar-refractivity contribution in [1.82, 2.24) is 0 Å². The molecule has 0 aliphatic rings. The summed E-state index contributed by atoms with van der Waals surface area (Å²) in [5.41, 5.74) is 0. The lowest BCUT2D eigenvalue weighted by Gasteiger charge is -1.98. The molecule has 0 fully saturated rings. The number of unbranched alkanes of at least 4 members (excludes halogenated alkanes) is 9. The number of hydrogen-bond donors (Lipinski definition) is 1. The van der Waals surface area contributed by atoms with E-state index in [1.165, 1.54) is 51.4 Å². The zero-order valence-electron chi connectivity index (χ0n) is 13.9. The molecule has 0 aromatic rings. The van der Waals surface area contributed by atoms with E-state index in [1.54, 1.807) is 0 Å². The van der Waals surface area contributed by atoms with Crippen LogP contribution in [0.3, 0.4) is 0 Å². The second-order valence-electron chi connectivity index (χ2n) is 5.73. The first kappa shape index (κ1) is 19.9. The van der Waals surface area contributed by atoms with Crippen molar-refractivity contribution in [3.05, 3.63) is 24.3 Å². The highest BCUT2D eigenvalue weighted by Gasteiger charge is 1.94. The SMILES string of the molecule is CCCCCCCCCC=CCC=CCCCCC(=O)O. The number of allylic oxidation sites excluding steroid dienone is 4. The maximum atomic E-state index is 10.3. The highest BCUT2D eigenvalue weighted by atomic mass is 16.4. The molecular formula is C19H34O2. The molecule has 21 heavy (non-hydrogen) atoms. The van der Waals surface area contributed by atoms with Gasteiger partial charge in [-0.25, -0.2) is 0 Å². The average Bonchev–Trinajstić information content (AvgIpc) is 2.46. The van der Waals surface area contributed by atoms with Crippen molar-refractivity contribution >= 4 is 5.97 Å². The molecular weight excluding hydrogens is 260 g/mol. The first-order valence-electron chi connectivity index (χ1n) is 8.79. The fraction of sp³-hybridized carbons (Fsp3) is 0.737. The molecule has 1 N–H and O–H groups in total. The van der Waals surface area contributed by atoms with Crippen LogP contribution in [0.15, 0.2) is 24.3 Å². The molecule has 0 unspecified atom stereocenters. The van der Waals surface area contributed by atoms with Gasteiger partial charge in [0.05, 0.1) is 0 Å². The molecule has 0 aromatic heterocycles. The van der Waals surface area contributed by atoms with Gasteiger partial charge < -0.3 is 5.11 Å². The minimum absolute atomic E-state index is 0.298. The highest BCUT2D eigenvalue weighted by Crippen LogP contribution is 2.08. The fourth-order valence-electron chi connectivity index (χ4n) is 2.26. The van der Waals surface area contributed by atoms with Crippen LogP contribution in [0.5, 0.6) is 0 Å². The van der Waals surface area contributed by atoms with E-state index in [9.17, 15) is 4.79 Å². The smallest absolute Gasteiger partial charge is 0.303 e. The van der Waals surface area contributed by atoms with E-state index in [2.05, 4.69) is 31.2 Å². The summed E-state index contributed by atoms with van der Waals surface area (Å²) in [7, 11) is 0. The Morgan fingerprint density at radius 3 is 1.86 bits per heavy atom. The monoisotopic (exact) mass is 294 g/mol. The summed E-state index contributed by atoms with van der Waals surface area (Å²) in [6.45, 7) is 2.26. The summed E-state index contributed by atoms with van der Waals surface area (Å²) < 4.78 is 0. The maximum Gasteiger partial charge on any atom is 0.303 e. The number of aliphatic carboxylic acids is 1. The quantitative estimate of drug-likeness (QED) is 0.285. The number of carboxylic acids is 1. The van der Waals surface area contributed by atoms with E-state index >= 15 is 0 Å². The van der Waals surface area contributed by atoms with Crippen molar-refractivity contribution < 1.29 is 9.90 Å². The van der Waals surface area contributed by atoms with Crippen molar-refractivity contribution in [3.63, 3.8) is 0 Å². The minimum atomic E-state index is -0.688. The van der Waals surface area contributed by atoms with Crippen molar-refractivity contribution in [3.8, 4) is 0 Å². The number of carboxylic acid groups (broad SMARTS) is 1. The molecule has 122 valence electrons. The highest BCUT2D eigenvalue weighted by molar-refractivity contribution is 5.66. The van der Waals surface area contributed by atoms with Crippen LogP contribution in [-0.2, 0) is 4.79 Å². The van der Waals surface area contributed by atoms with Gasteiger partial charge in [-0.2, -0.15) is 0 Å². The van der Waals surface area contributed by atoms with Gasteiger partial charge in [-0.1, -0.05) is 69.8 Å². The van der Waals surface area contributed by atoms with E-state index in [-0.39, 0.29) is 0 Å². The summed E-state index contributed by atoms with van der Waals surface area (Å²) in [6, 6.07) is 0. The molecule has 0 radical (unpaired) electrons. The lowest BCUT2D eigenvalue weighted by molar-refractivity contribution is -0.137.